The smallest absolute Gasteiger partial charge is 0.124 e. The van der Waals surface area contributed by atoms with Crippen LogP contribution >= 0.6 is 11.6 Å². The molecule has 1 atom stereocenters. The van der Waals surface area contributed by atoms with Crippen molar-refractivity contribution < 1.29 is 9.47 Å². The molecule has 0 aliphatic heterocycles. The molecule has 2 N–H and O–H groups in total. The van der Waals surface area contributed by atoms with Gasteiger partial charge in [-0.3, -0.25) is 0 Å². The number of rotatable bonds is 4. The van der Waals surface area contributed by atoms with Crippen molar-refractivity contribution in [3.05, 3.63) is 58.6 Å². The van der Waals surface area contributed by atoms with Gasteiger partial charge in [-0.05, 0) is 42.8 Å². The Labute approximate surface area is 124 Å². The molecule has 106 valence electrons. The van der Waals surface area contributed by atoms with Crippen LogP contribution in [0.3, 0.4) is 0 Å². The van der Waals surface area contributed by atoms with Crippen molar-refractivity contribution in [1.29, 1.82) is 0 Å². The molecule has 20 heavy (non-hydrogen) atoms. The first-order valence-electron chi connectivity index (χ1n) is 6.26. The van der Waals surface area contributed by atoms with Gasteiger partial charge < -0.3 is 15.2 Å². The van der Waals surface area contributed by atoms with Crippen LogP contribution in [-0.4, -0.2) is 14.2 Å². The molecule has 3 nitrogen and oxygen atoms in total. The van der Waals surface area contributed by atoms with Gasteiger partial charge in [0, 0.05) is 10.6 Å². The molecule has 0 saturated heterocycles. The lowest BCUT2D eigenvalue weighted by molar-refractivity contribution is 0.398. The Morgan fingerprint density at radius 1 is 1.00 bits per heavy atom. The Morgan fingerprint density at radius 2 is 1.65 bits per heavy atom. The highest BCUT2D eigenvalue weighted by Gasteiger charge is 2.27. The molecule has 0 fully saturated rings. The van der Waals surface area contributed by atoms with Crippen molar-refractivity contribution in [3.8, 4) is 11.5 Å². The molecule has 0 aliphatic rings. The van der Waals surface area contributed by atoms with E-state index in [9.17, 15) is 0 Å². The third kappa shape index (κ3) is 2.74. The summed E-state index contributed by atoms with van der Waals surface area (Å²) in [7, 11) is 3.26. The van der Waals surface area contributed by atoms with Crippen molar-refractivity contribution in [2.75, 3.05) is 14.2 Å². The number of halogens is 1. The lowest BCUT2D eigenvalue weighted by Gasteiger charge is -2.28. The fourth-order valence-electron chi connectivity index (χ4n) is 2.18. The summed E-state index contributed by atoms with van der Waals surface area (Å²) >= 11 is 6.08. The number of hydrogen-bond acceptors (Lipinski definition) is 3. The molecule has 0 spiro atoms. The van der Waals surface area contributed by atoms with Crippen LogP contribution in [0.2, 0.25) is 5.02 Å². The molecule has 0 aromatic heterocycles. The third-order valence-corrected chi connectivity index (χ3v) is 3.65. The third-order valence-electron chi connectivity index (χ3n) is 3.41. The first-order valence-corrected chi connectivity index (χ1v) is 6.64. The van der Waals surface area contributed by atoms with E-state index in [0.29, 0.717) is 5.02 Å². The van der Waals surface area contributed by atoms with E-state index < -0.39 is 5.54 Å². The van der Waals surface area contributed by atoms with E-state index in [2.05, 4.69) is 0 Å². The maximum atomic E-state index is 6.52. The Morgan fingerprint density at radius 3 is 2.20 bits per heavy atom. The van der Waals surface area contributed by atoms with Crippen molar-refractivity contribution >= 4 is 11.6 Å². The van der Waals surface area contributed by atoms with Gasteiger partial charge in [0.15, 0.2) is 0 Å². The predicted molar refractivity (Wildman–Crippen MR) is 81.6 cm³/mol. The molecule has 0 radical (unpaired) electrons. The highest BCUT2D eigenvalue weighted by atomic mass is 35.5. The molecule has 2 aromatic rings. The van der Waals surface area contributed by atoms with Crippen molar-refractivity contribution in [2.45, 2.75) is 12.5 Å². The van der Waals surface area contributed by atoms with Gasteiger partial charge >= 0.3 is 0 Å². The van der Waals surface area contributed by atoms with Gasteiger partial charge in [0.05, 0.1) is 19.8 Å². The van der Waals surface area contributed by atoms with Gasteiger partial charge in [-0.15, -0.1) is 0 Å². The number of methoxy groups -OCH3 is 2. The number of nitrogens with two attached hydrogens (primary N) is 1. The molecule has 0 amide bonds. The largest absolute Gasteiger partial charge is 0.497 e. The van der Waals surface area contributed by atoms with Crippen molar-refractivity contribution in [2.24, 2.45) is 5.73 Å². The molecule has 0 bridgehead atoms. The van der Waals surface area contributed by atoms with Crippen LogP contribution in [0.1, 0.15) is 18.1 Å². The van der Waals surface area contributed by atoms with Gasteiger partial charge in [-0.2, -0.15) is 0 Å². The van der Waals surface area contributed by atoms with Gasteiger partial charge in [0.1, 0.15) is 11.5 Å². The standard InChI is InChI=1S/C16H18ClNO2/c1-16(18,11-4-7-13(19-2)8-5-11)14-10-12(17)6-9-15(14)20-3/h4-10H,18H2,1-3H3. The second-order valence-corrected chi connectivity index (χ2v) is 5.21. The van der Waals surface area contributed by atoms with Crippen molar-refractivity contribution in [3.63, 3.8) is 0 Å². The van der Waals surface area contributed by atoms with Crippen LogP contribution in [0.5, 0.6) is 11.5 Å². The van der Waals surface area contributed by atoms with Gasteiger partial charge in [-0.1, -0.05) is 23.7 Å². The second-order valence-electron chi connectivity index (χ2n) is 4.78. The van der Waals surface area contributed by atoms with Crippen LogP contribution < -0.4 is 15.2 Å². The van der Waals surface area contributed by atoms with E-state index in [-0.39, 0.29) is 0 Å². The molecular weight excluding hydrogens is 274 g/mol. The first kappa shape index (κ1) is 14.7. The summed E-state index contributed by atoms with van der Waals surface area (Å²) in [6.07, 6.45) is 0. The lowest BCUT2D eigenvalue weighted by Crippen LogP contribution is -2.34. The summed E-state index contributed by atoms with van der Waals surface area (Å²) in [5.74, 6) is 1.51. The van der Waals surface area contributed by atoms with Crippen LogP contribution in [0, 0.1) is 0 Å². The summed E-state index contributed by atoms with van der Waals surface area (Å²) in [4.78, 5) is 0. The zero-order valence-electron chi connectivity index (χ0n) is 11.8. The summed E-state index contributed by atoms with van der Waals surface area (Å²) in [5, 5.41) is 0.631. The molecule has 2 aromatic carbocycles. The summed E-state index contributed by atoms with van der Waals surface area (Å²) in [6.45, 7) is 1.93. The van der Waals surface area contributed by atoms with Crippen LogP contribution in [0.4, 0.5) is 0 Å². The topological polar surface area (TPSA) is 44.5 Å². The molecule has 2 rings (SSSR count). The average Bonchev–Trinajstić information content (AvgIpc) is 2.47. The Balaban J connectivity index is 2.50. The Kier molecular flexibility index (Phi) is 4.21. The van der Waals surface area contributed by atoms with Gasteiger partial charge in [-0.25, -0.2) is 0 Å². The fourth-order valence-corrected chi connectivity index (χ4v) is 2.35. The maximum Gasteiger partial charge on any atom is 0.124 e. The zero-order valence-corrected chi connectivity index (χ0v) is 12.6. The minimum Gasteiger partial charge on any atom is -0.497 e. The molecule has 0 heterocycles. The monoisotopic (exact) mass is 291 g/mol. The van der Waals surface area contributed by atoms with E-state index in [1.807, 2.05) is 43.3 Å². The normalized spacial score (nSPS) is 13.7. The summed E-state index contributed by atoms with van der Waals surface area (Å²) in [5.41, 5.74) is 7.61. The van der Waals surface area contributed by atoms with E-state index in [1.165, 1.54) is 0 Å². The molecular formula is C16H18ClNO2. The molecule has 0 saturated carbocycles. The first-order chi connectivity index (χ1) is 9.48. The average molecular weight is 292 g/mol. The van der Waals surface area contributed by atoms with E-state index in [1.54, 1.807) is 20.3 Å². The Bertz CT molecular complexity index is 594. The van der Waals surface area contributed by atoms with Gasteiger partial charge in [0.25, 0.3) is 0 Å². The SMILES string of the molecule is COc1ccc(C(C)(N)c2cc(Cl)ccc2OC)cc1. The number of ether oxygens (including phenoxy) is 2. The quantitative estimate of drug-likeness (QED) is 0.936. The van der Waals surface area contributed by atoms with Crippen LogP contribution in [0.25, 0.3) is 0 Å². The molecule has 0 aliphatic carbocycles. The Hall–Kier alpha value is -1.71. The van der Waals surface area contributed by atoms with Crippen molar-refractivity contribution in [1.82, 2.24) is 0 Å². The van der Waals surface area contributed by atoms with E-state index in [0.717, 1.165) is 22.6 Å². The minimum absolute atomic E-state index is 0.631. The zero-order chi connectivity index (χ0) is 14.8. The fraction of sp³-hybridized carbons (Fsp3) is 0.250. The van der Waals surface area contributed by atoms with Crippen LogP contribution in [-0.2, 0) is 5.54 Å². The van der Waals surface area contributed by atoms with E-state index >= 15 is 0 Å². The summed E-state index contributed by atoms with van der Waals surface area (Å²) in [6, 6.07) is 13.1. The van der Waals surface area contributed by atoms with Crippen LogP contribution in [0.15, 0.2) is 42.5 Å². The molecule has 4 heteroatoms. The molecule has 1 unspecified atom stereocenters. The lowest BCUT2D eigenvalue weighted by atomic mass is 9.85. The second kappa shape index (κ2) is 5.73. The highest BCUT2D eigenvalue weighted by Crippen LogP contribution is 2.35. The maximum absolute atomic E-state index is 6.52. The minimum atomic E-state index is -0.706. The predicted octanol–water partition coefficient (Wildman–Crippen LogP) is 3.58. The van der Waals surface area contributed by atoms with E-state index in [4.69, 9.17) is 26.8 Å². The van der Waals surface area contributed by atoms with Gasteiger partial charge in [0.2, 0.25) is 0 Å². The summed E-state index contributed by atoms with van der Waals surface area (Å²) < 4.78 is 10.6. The highest BCUT2D eigenvalue weighted by molar-refractivity contribution is 6.30. The number of benzene rings is 2. The number of hydrogen-bond donors (Lipinski definition) is 1.